The zero-order valence-corrected chi connectivity index (χ0v) is 20.5. The van der Waals surface area contributed by atoms with E-state index in [-0.39, 0.29) is 36.5 Å². The van der Waals surface area contributed by atoms with E-state index in [1.165, 1.54) is 20.1 Å². The fourth-order valence-electron chi connectivity index (χ4n) is 3.66. The van der Waals surface area contributed by atoms with E-state index < -0.39 is 40.4 Å². The molecule has 0 aliphatic rings. The van der Waals surface area contributed by atoms with Gasteiger partial charge in [0, 0.05) is 24.3 Å². The Labute approximate surface area is 216 Å². The maximum atomic E-state index is 13.9. The Balaban J connectivity index is 1.56. The van der Waals surface area contributed by atoms with Crippen LogP contribution in [-0.4, -0.2) is 43.9 Å². The molecular formula is C23H19ClF6N6O2. The van der Waals surface area contributed by atoms with Crippen molar-refractivity contribution in [1.82, 2.24) is 29.7 Å². The molecule has 0 aliphatic carbocycles. The summed E-state index contributed by atoms with van der Waals surface area (Å²) in [6.45, 7) is 1.49. The molecule has 0 bridgehead atoms. The number of halogens is 7. The van der Waals surface area contributed by atoms with Crippen molar-refractivity contribution in [2.24, 2.45) is 0 Å². The summed E-state index contributed by atoms with van der Waals surface area (Å²) in [5, 5.41) is 9.31. The average molecular weight is 561 g/mol. The lowest BCUT2D eigenvalue weighted by Crippen LogP contribution is -2.26. The van der Waals surface area contributed by atoms with Gasteiger partial charge < -0.3 is 10.1 Å². The number of nitrogens with zero attached hydrogens (tertiary/aromatic N) is 5. The average Bonchev–Trinajstić information content (AvgIpc) is 3.40. The van der Waals surface area contributed by atoms with Crippen LogP contribution in [0.3, 0.4) is 0 Å². The standard InChI is InChI=1S/C23H19ClF6N6O2/c1-12-9-16(22(25,26)27)33-35(12)8-4-7-31-21(37)19-18(24)20-32-15(13-5-3-6-14(10-13)38-2)11-17(23(28,29)30)36(20)34-19/h3,5-6,9-11H,4,7-8H2,1-2H3,(H,31,37). The molecule has 1 N–H and O–H groups in total. The largest absolute Gasteiger partial charge is 0.497 e. The molecule has 0 spiro atoms. The van der Waals surface area contributed by atoms with Crippen LogP contribution in [0.1, 0.15) is 34.0 Å². The minimum atomic E-state index is -4.85. The first-order valence-corrected chi connectivity index (χ1v) is 11.4. The van der Waals surface area contributed by atoms with Gasteiger partial charge in [-0.25, -0.2) is 9.50 Å². The molecule has 0 saturated carbocycles. The summed E-state index contributed by atoms with van der Waals surface area (Å²) < 4.78 is 86.8. The highest BCUT2D eigenvalue weighted by atomic mass is 35.5. The third-order valence-electron chi connectivity index (χ3n) is 5.51. The number of ether oxygens (including phenoxy) is 1. The number of hydrogen-bond donors (Lipinski definition) is 1. The molecule has 4 aromatic rings. The minimum absolute atomic E-state index is 0.0295. The Morgan fingerprint density at radius 2 is 1.82 bits per heavy atom. The second kappa shape index (κ2) is 10.2. The van der Waals surface area contributed by atoms with Crippen LogP contribution in [0.25, 0.3) is 16.9 Å². The first-order valence-electron chi connectivity index (χ1n) is 11.0. The zero-order valence-electron chi connectivity index (χ0n) is 19.8. The van der Waals surface area contributed by atoms with Crippen molar-refractivity contribution in [3.63, 3.8) is 0 Å². The highest BCUT2D eigenvalue weighted by Crippen LogP contribution is 2.35. The first-order chi connectivity index (χ1) is 17.8. The Kier molecular flexibility index (Phi) is 7.28. The van der Waals surface area contributed by atoms with Crippen LogP contribution in [0.4, 0.5) is 26.3 Å². The van der Waals surface area contributed by atoms with E-state index in [1.54, 1.807) is 18.2 Å². The molecule has 202 valence electrons. The van der Waals surface area contributed by atoms with Crippen molar-refractivity contribution in [2.45, 2.75) is 32.2 Å². The highest BCUT2D eigenvalue weighted by Gasteiger charge is 2.37. The van der Waals surface area contributed by atoms with Gasteiger partial charge in [0.15, 0.2) is 22.7 Å². The molecule has 0 radical (unpaired) electrons. The topological polar surface area (TPSA) is 86.3 Å². The second-order valence-corrected chi connectivity index (χ2v) is 8.53. The van der Waals surface area contributed by atoms with Crippen LogP contribution in [0, 0.1) is 6.92 Å². The summed E-state index contributed by atoms with van der Waals surface area (Å²) in [6.07, 6.45) is -9.25. The lowest BCUT2D eigenvalue weighted by Gasteiger charge is -2.11. The highest BCUT2D eigenvalue weighted by molar-refractivity contribution is 6.36. The van der Waals surface area contributed by atoms with Gasteiger partial charge in [-0.2, -0.15) is 36.5 Å². The number of fused-ring (bicyclic) bond motifs is 1. The van der Waals surface area contributed by atoms with Crippen molar-refractivity contribution < 1.29 is 35.9 Å². The summed E-state index contributed by atoms with van der Waals surface area (Å²) in [7, 11) is 1.41. The lowest BCUT2D eigenvalue weighted by atomic mass is 10.1. The molecule has 0 aliphatic heterocycles. The number of amides is 1. The molecule has 4 rings (SSSR count). The summed E-state index contributed by atoms with van der Waals surface area (Å²) in [5.74, 6) is -0.470. The van der Waals surface area contributed by atoms with E-state index in [0.717, 1.165) is 16.8 Å². The molecule has 0 unspecified atom stereocenters. The number of carbonyl (C=O) groups is 1. The normalized spacial score (nSPS) is 12.2. The van der Waals surface area contributed by atoms with Gasteiger partial charge in [-0.05, 0) is 37.6 Å². The van der Waals surface area contributed by atoms with Crippen molar-refractivity contribution >= 4 is 23.2 Å². The van der Waals surface area contributed by atoms with Crippen molar-refractivity contribution in [1.29, 1.82) is 0 Å². The molecule has 1 amide bonds. The van der Waals surface area contributed by atoms with E-state index in [2.05, 4.69) is 20.5 Å². The van der Waals surface area contributed by atoms with Gasteiger partial charge in [0.2, 0.25) is 0 Å². The molecule has 0 atom stereocenters. The minimum Gasteiger partial charge on any atom is -0.497 e. The number of nitrogens with one attached hydrogen (secondary N) is 1. The summed E-state index contributed by atoms with van der Waals surface area (Å²) in [5.41, 5.74) is -2.55. The SMILES string of the molecule is COc1cccc(-c2cc(C(F)(F)F)n3nc(C(=O)NCCCn4nc(C(F)(F)F)cc4C)c(Cl)c3n2)c1. The summed E-state index contributed by atoms with van der Waals surface area (Å²) in [4.78, 5) is 16.9. The number of benzene rings is 1. The zero-order chi connectivity index (χ0) is 27.8. The molecule has 1 aromatic carbocycles. The smallest absolute Gasteiger partial charge is 0.435 e. The van der Waals surface area contributed by atoms with E-state index in [1.807, 2.05) is 0 Å². The molecule has 8 nitrogen and oxygen atoms in total. The number of carbonyl (C=O) groups excluding carboxylic acids is 1. The Morgan fingerprint density at radius 3 is 2.45 bits per heavy atom. The number of aryl methyl sites for hydroxylation is 2. The Morgan fingerprint density at radius 1 is 1.08 bits per heavy atom. The molecule has 3 aromatic heterocycles. The van der Waals surface area contributed by atoms with Gasteiger partial charge in [0.25, 0.3) is 5.91 Å². The van der Waals surface area contributed by atoms with E-state index in [9.17, 15) is 31.1 Å². The van der Waals surface area contributed by atoms with Gasteiger partial charge in [0.05, 0.1) is 12.8 Å². The van der Waals surface area contributed by atoms with Crippen LogP contribution < -0.4 is 10.1 Å². The number of alkyl halides is 6. The van der Waals surface area contributed by atoms with E-state index >= 15 is 0 Å². The monoisotopic (exact) mass is 560 g/mol. The molecular weight excluding hydrogens is 542 g/mol. The van der Waals surface area contributed by atoms with Gasteiger partial charge in [-0.15, -0.1) is 0 Å². The lowest BCUT2D eigenvalue weighted by molar-refractivity contribution is -0.143. The maximum Gasteiger partial charge on any atom is 0.435 e. The molecule has 15 heteroatoms. The van der Waals surface area contributed by atoms with Crippen molar-refractivity contribution in [3.8, 4) is 17.0 Å². The van der Waals surface area contributed by atoms with E-state index in [4.69, 9.17) is 16.3 Å². The molecule has 0 saturated heterocycles. The molecule has 3 heterocycles. The summed E-state index contributed by atoms with van der Waals surface area (Å²) >= 11 is 6.25. The fourth-order valence-corrected chi connectivity index (χ4v) is 3.90. The second-order valence-electron chi connectivity index (χ2n) is 8.16. The van der Waals surface area contributed by atoms with Gasteiger partial charge in [-0.3, -0.25) is 9.48 Å². The third kappa shape index (κ3) is 5.54. The van der Waals surface area contributed by atoms with Crippen LogP contribution in [0.2, 0.25) is 5.02 Å². The fraction of sp³-hybridized carbons (Fsp3) is 0.304. The van der Waals surface area contributed by atoms with Crippen LogP contribution in [-0.2, 0) is 18.9 Å². The van der Waals surface area contributed by atoms with Crippen LogP contribution in [0.5, 0.6) is 5.75 Å². The maximum absolute atomic E-state index is 13.9. The predicted octanol–water partition coefficient (Wildman–Crippen LogP) is 5.42. The molecule has 38 heavy (non-hydrogen) atoms. The predicted molar refractivity (Wildman–Crippen MR) is 124 cm³/mol. The summed E-state index contributed by atoms with van der Waals surface area (Å²) in [6, 6.07) is 7.92. The van der Waals surface area contributed by atoms with Crippen molar-refractivity contribution in [3.05, 3.63) is 64.2 Å². The van der Waals surface area contributed by atoms with Crippen LogP contribution in [0.15, 0.2) is 36.4 Å². The number of methoxy groups -OCH3 is 1. The molecule has 0 fully saturated rings. The van der Waals surface area contributed by atoms with Crippen LogP contribution >= 0.6 is 11.6 Å². The Hall–Kier alpha value is -3.81. The first kappa shape index (κ1) is 27.2. The number of rotatable bonds is 7. The van der Waals surface area contributed by atoms with Crippen molar-refractivity contribution in [2.75, 3.05) is 13.7 Å². The van der Waals surface area contributed by atoms with Gasteiger partial charge in [0.1, 0.15) is 10.8 Å². The Bertz CT molecular complexity index is 1490. The number of aromatic nitrogens is 5. The van der Waals surface area contributed by atoms with Gasteiger partial charge in [-0.1, -0.05) is 23.7 Å². The third-order valence-corrected chi connectivity index (χ3v) is 5.86. The van der Waals surface area contributed by atoms with Gasteiger partial charge >= 0.3 is 12.4 Å². The number of hydrogen-bond acceptors (Lipinski definition) is 5. The quantitative estimate of drug-likeness (QED) is 0.241. The van der Waals surface area contributed by atoms with E-state index in [0.29, 0.717) is 15.8 Å².